The zero-order valence-corrected chi connectivity index (χ0v) is 9.50. The van der Waals surface area contributed by atoms with Gasteiger partial charge in [0.1, 0.15) is 18.0 Å². The Labute approximate surface area is 109 Å². The van der Waals surface area contributed by atoms with Crippen LogP contribution in [0.15, 0.2) is 24.5 Å². The summed E-state index contributed by atoms with van der Waals surface area (Å²) in [6.07, 6.45) is -3.84. The van der Waals surface area contributed by atoms with Crippen molar-refractivity contribution in [2.24, 2.45) is 0 Å². The average Bonchev–Trinajstić information content (AvgIpc) is 2.85. The SMILES string of the molecule is N#Cc1ncn(-c2ccc([N+](=O)[O-])c(C(F)(F)F)c2)n1. The summed E-state index contributed by atoms with van der Waals surface area (Å²) < 4.78 is 39.2. The molecule has 0 amide bonds. The third-order valence-corrected chi connectivity index (χ3v) is 2.34. The molecule has 20 heavy (non-hydrogen) atoms. The Morgan fingerprint density at radius 3 is 2.60 bits per heavy atom. The van der Waals surface area contributed by atoms with Crippen LogP contribution in [0.4, 0.5) is 18.9 Å². The number of alkyl halides is 3. The highest BCUT2D eigenvalue weighted by molar-refractivity contribution is 5.49. The predicted octanol–water partition coefficient (Wildman–Crippen LogP) is 2.07. The monoisotopic (exact) mass is 283 g/mol. The van der Waals surface area contributed by atoms with Crippen molar-refractivity contribution < 1.29 is 18.1 Å². The number of aromatic nitrogens is 3. The van der Waals surface area contributed by atoms with Gasteiger partial charge in [-0.15, -0.1) is 5.10 Å². The van der Waals surface area contributed by atoms with E-state index in [1.165, 1.54) is 0 Å². The van der Waals surface area contributed by atoms with Crippen molar-refractivity contribution in [1.82, 2.24) is 14.8 Å². The lowest BCUT2D eigenvalue weighted by molar-refractivity contribution is -0.388. The maximum Gasteiger partial charge on any atom is 0.423 e. The standard InChI is InChI=1S/C10H4F3N5O2/c11-10(12,13)7-3-6(1-2-8(7)18(19)20)17-5-15-9(4-14)16-17/h1-3,5H. The Hall–Kier alpha value is -2.96. The van der Waals surface area contributed by atoms with Crippen LogP contribution in [0.3, 0.4) is 0 Å². The van der Waals surface area contributed by atoms with Crippen molar-refractivity contribution in [3.05, 3.63) is 46.0 Å². The van der Waals surface area contributed by atoms with Crippen molar-refractivity contribution in [2.45, 2.75) is 6.18 Å². The largest absolute Gasteiger partial charge is 0.423 e. The first-order valence-corrected chi connectivity index (χ1v) is 5.00. The van der Waals surface area contributed by atoms with E-state index in [1.807, 2.05) is 0 Å². The summed E-state index contributed by atoms with van der Waals surface area (Å²) in [6.45, 7) is 0. The molecule has 1 heterocycles. The molecular formula is C10H4F3N5O2. The Morgan fingerprint density at radius 1 is 1.40 bits per heavy atom. The van der Waals surface area contributed by atoms with Crippen LogP contribution in [0.5, 0.6) is 0 Å². The third-order valence-electron chi connectivity index (χ3n) is 2.34. The van der Waals surface area contributed by atoms with Gasteiger partial charge in [-0.3, -0.25) is 10.1 Å². The molecule has 0 aliphatic carbocycles. The van der Waals surface area contributed by atoms with E-state index in [4.69, 9.17) is 5.26 Å². The maximum atomic E-state index is 12.8. The molecule has 0 N–H and O–H groups in total. The second-order valence-electron chi connectivity index (χ2n) is 3.58. The average molecular weight is 283 g/mol. The molecule has 1 aromatic carbocycles. The molecule has 0 saturated carbocycles. The normalized spacial score (nSPS) is 11.1. The fourth-order valence-corrected chi connectivity index (χ4v) is 1.49. The molecule has 0 aliphatic rings. The quantitative estimate of drug-likeness (QED) is 0.620. The molecule has 102 valence electrons. The van der Waals surface area contributed by atoms with E-state index >= 15 is 0 Å². The van der Waals surface area contributed by atoms with Gasteiger partial charge < -0.3 is 0 Å². The van der Waals surface area contributed by atoms with E-state index in [0.29, 0.717) is 6.07 Å². The van der Waals surface area contributed by atoms with Gasteiger partial charge in [0.05, 0.1) is 10.6 Å². The van der Waals surface area contributed by atoms with Gasteiger partial charge in [-0.1, -0.05) is 0 Å². The molecule has 0 saturated heterocycles. The first-order valence-electron chi connectivity index (χ1n) is 5.00. The topological polar surface area (TPSA) is 97.6 Å². The summed E-state index contributed by atoms with van der Waals surface area (Å²) >= 11 is 0. The molecule has 2 aromatic rings. The minimum absolute atomic E-state index is 0.0862. The molecule has 0 aliphatic heterocycles. The molecule has 0 radical (unpaired) electrons. The van der Waals surface area contributed by atoms with E-state index < -0.39 is 22.4 Å². The maximum absolute atomic E-state index is 12.8. The summed E-state index contributed by atoms with van der Waals surface area (Å²) in [7, 11) is 0. The van der Waals surface area contributed by atoms with Crippen LogP contribution < -0.4 is 0 Å². The fraction of sp³-hybridized carbons (Fsp3) is 0.100. The minimum Gasteiger partial charge on any atom is -0.258 e. The first kappa shape index (κ1) is 13.5. The van der Waals surface area contributed by atoms with Gasteiger partial charge in [-0.05, 0) is 12.1 Å². The number of nitro groups is 1. The Bertz CT molecular complexity index is 716. The van der Waals surface area contributed by atoms with Gasteiger partial charge in [-0.2, -0.15) is 18.4 Å². The van der Waals surface area contributed by atoms with E-state index in [-0.39, 0.29) is 11.5 Å². The summed E-state index contributed by atoms with van der Waals surface area (Å²) in [6, 6.07) is 4.01. The zero-order valence-electron chi connectivity index (χ0n) is 9.50. The number of nitro benzene ring substituents is 1. The highest BCUT2D eigenvalue weighted by Crippen LogP contribution is 2.37. The molecule has 1 aromatic heterocycles. The lowest BCUT2D eigenvalue weighted by atomic mass is 10.1. The van der Waals surface area contributed by atoms with Crippen molar-refractivity contribution in [3.8, 4) is 11.8 Å². The Balaban J connectivity index is 2.58. The predicted molar refractivity (Wildman–Crippen MR) is 57.7 cm³/mol. The molecule has 0 spiro atoms. The summed E-state index contributed by atoms with van der Waals surface area (Å²) in [4.78, 5) is 13.0. The molecule has 7 nitrogen and oxygen atoms in total. The van der Waals surface area contributed by atoms with Crippen LogP contribution in [-0.2, 0) is 6.18 Å². The van der Waals surface area contributed by atoms with Crippen LogP contribution in [0, 0.1) is 21.4 Å². The smallest absolute Gasteiger partial charge is 0.258 e. The van der Waals surface area contributed by atoms with Gasteiger partial charge >= 0.3 is 6.18 Å². The molecule has 0 unspecified atom stereocenters. The fourth-order valence-electron chi connectivity index (χ4n) is 1.49. The molecule has 0 bridgehead atoms. The lowest BCUT2D eigenvalue weighted by Gasteiger charge is -2.09. The van der Waals surface area contributed by atoms with Crippen molar-refractivity contribution in [1.29, 1.82) is 5.26 Å². The first-order chi connectivity index (χ1) is 9.32. The van der Waals surface area contributed by atoms with Gasteiger partial charge in [0.15, 0.2) is 0 Å². The highest BCUT2D eigenvalue weighted by Gasteiger charge is 2.38. The lowest BCUT2D eigenvalue weighted by Crippen LogP contribution is -2.10. The van der Waals surface area contributed by atoms with Crippen LogP contribution >= 0.6 is 0 Å². The molecular weight excluding hydrogens is 279 g/mol. The third kappa shape index (κ3) is 2.41. The summed E-state index contributed by atoms with van der Waals surface area (Å²) in [5.74, 6) is -0.225. The number of benzene rings is 1. The van der Waals surface area contributed by atoms with Gasteiger partial charge in [0.2, 0.25) is 0 Å². The second-order valence-corrected chi connectivity index (χ2v) is 3.58. The van der Waals surface area contributed by atoms with E-state index in [1.54, 1.807) is 6.07 Å². The molecule has 0 atom stereocenters. The van der Waals surface area contributed by atoms with Crippen LogP contribution in [0.25, 0.3) is 5.69 Å². The van der Waals surface area contributed by atoms with Gasteiger partial charge in [0.25, 0.3) is 11.5 Å². The summed E-state index contributed by atoms with van der Waals surface area (Å²) in [5, 5.41) is 22.7. The highest BCUT2D eigenvalue weighted by atomic mass is 19.4. The number of halogens is 3. The van der Waals surface area contributed by atoms with E-state index in [0.717, 1.165) is 23.1 Å². The Kier molecular flexibility index (Phi) is 3.11. The molecule has 2 rings (SSSR count). The van der Waals surface area contributed by atoms with Crippen molar-refractivity contribution in [3.63, 3.8) is 0 Å². The molecule has 0 fully saturated rings. The van der Waals surface area contributed by atoms with Crippen LogP contribution in [-0.4, -0.2) is 19.7 Å². The van der Waals surface area contributed by atoms with E-state index in [2.05, 4.69) is 10.1 Å². The zero-order chi connectivity index (χ0) is 14.9. The molecule has 10 heteroatoms. The van der Waals surface area contributed by atoms with Gasteiger partial charge in [-0.25, -0.2) is 9.67 Å². The van der Waals surface area contributed by atoms with Crippen molar-refractivity contribution >= 4 is 5.69 Å². The number of nitriles is 1. The number of rotatable bonds is 2. The minimum atomic E-state index is -4.88. The van der Waals surface area contributed by atoms with Crippen LogP contribution in [0.2, 0.25) is 0 Å². The second kappa shape index (κ2) is 4.61. The van der Waals surface area contributed by atoms with Crippen LogP contribution in [0.1, 0.15) is 11.4 Å². The van der Waals surface area contributed by atoms with Crippen molar-refractivity contribution in [2.75, 3.05) is 0 Å². The number of hydrogen-bond acceptors (Lipinski definition) is 5. The summed E-state index contributed by atoms with van der Waals surface area (Å²) in [5.41, 5.74) is -2.53. The number of nitrogens with zero attached hydrogens (tertiary/aromatic N) is 5. The Morgan fingerprint density at radius 2 is 2.10 bits per heavy atom. The van der Waals surface area contributed by atoms with Gasteiger partial charge in [0, 0.05) is 6.07 Å². The van der Waals surface area contributed by atoms with E-state index in [9.17, 15) is 23.3 Å². The number of hydrogen-bond donors (Lipinski definition) is 0.